The second-order valence-electron chi connectivity index (χ2n) is 3.22. The Morgan fingerprint density at radius 1 is 1.43 bits per heavy atom. The summed E-state index contributed by atoms with van der Waals surface area (Å²) < 4.78 is 12.0. The van der Waals surface area contributed by atoms with Crippen LogP contribution in [0.15, 0.2) is 24.3 Å². The fourth-order valence-electron chi connectivity index (χ4n) is 1.44. The molecule has 0 radical (unpaired) electrons. The summed E-state index contributed by atoms with van der Waals surface area (Å²) >= 11 is 0. The highest BCUT2D eigenvalue weighted by Crippen LogP contribution is 2.17. The molecule has 0 aliphatic carbocycles. The maximum Gasteiger partial charge on any atom is 0.0911 e. The number of hydrogen-bond donors (Lipinski definition) is 1. The Labute approximate surface area is 84.5 Å². The van der Waals surface area contributed by atoms with Gasteiger partial charge in [-0.1, -0.05) is 6.07 Å². The smallest absolute Gasteiger partial charge is 0.0911 e. The van der Waals surface area contributed by atoms with Crippen molar-refractivity contribution in [2.24, 2.45) is 0 Å². The van der Waals surface area contributed by atoms with E-state index in [4.69, 9.17) is 5.73 Å². The summed E-state index contributed by atoms with van der Waals surface area (Å²) in [6.45, 7) is 3.42. The number of anilines is 2. The maximum absolute atomic E-state index is 12.0. The highest BCUT2D eigenvalue weighted by atomic mass is 19.1. The van der Waals surface area contributed by atoms with E-state index >= 15 is 0 Å². The van der Waals surface area contributed by atoms with Gasteiger partial charge in [-0.25, -0.2) is 0 Å². The molecule has 0 bridgehead atoms. The van der Waals surface area contributed by atoms with Crippen molar-refractivity contribution >= 4 is 11.4 Å². The van der Waals surface area contributed by atoms with Gasteiger partial charge in [-0.3, -0.25) is 4.39 Å². The van der Waals surface area contributed by atoms with Crippen molar-refractivity contribution in [3.05, 3.63) is 24.3 Å². The van der Waals surface area contributed by atoms with Gasteiger partial charge in [0, 0.05) is 24.5 Å². The van der Waals surface area contributed by atoms with E-state index < -0.39 is 0 Å². The summed E-state index contributed by atoms with van der Waals surface area (Å²) in [5, 5.41) is 0. The van der Waals surface area contributed by atoms with Gasteiger partial charge >= 0.3 is 0 Å². The van der Waals surface area contributed by atoms with Crippen molar-refractivity contribution in [2.45, 2.75) is 13.3 Å². The number of alkyl halides is 1. The van der Waals surface area contributed by atoms with Gasteiger partial charge in [0.25, 0.3) is 0 Å². The van der Waals surface area contributed by atoms with Gasteiger partial charge in [0.15, 0.2) is 0 Å². The van der Waals surface area contributed by atoms with Crippen LogP contribution >= 0.6 is 0 Å². The largest absolute Gasteiger partial charge is 0.399 e. The Kier molecular flexibility index (Phi) is 4.23. The Morgan fingerprint density at radius 2 is 2.21 bits per heavy atom. The fraction of sp³-hybridized carbons (Fsp3) is 0.455. The zero-order valence-corrected chi connectivity index (χ0v) is 8.54. The van der Waals surface area contributed by atoms with Gasteiger partial charge in [0.2, 0.25) is 0 Å². The van der Waals surface area contributed by atoms with E-state index in [9.17, 15) is 4.39 Å². The van der Waals surface area contributed by atoms with Crippen molar-refractivity contribution < 1.29 is 4.39 Å². The lowest BCUT2D eigenvalue weighted by Crippen LogP contribution is -2.24. The molecule has 0 saturated heterocycles. The molecule has 0 aliphatic rings. The molecule has 78 valence electrons. The third-order valence-electron chi connectivity index (χ3n) is 2.18. The van der Waals surface area contributed by atoms with Gasteiger partial charge in [0.05, 0.1) is 6.67 Å². The SMILES string of the molecule is CCN(CCCF)c1cccc(N)c1. The van der Waals surface area contributed by atoms with Crippen LogP contribution in [0.2, 0.25) is 0 Å². The molecule has 0 fully saturated rings. The number of nitrogens with two attached hydrogens (primary N) is 1. The van der Waals surface area contributed by atoms with Crippen LogP contribution < -0.4 is 10.6 Å². The lowest BCUT2D eigenvalue weighted by Gasteiger charge is -2.22. The molecule has 0 spiro atoms. The fourth-order valence-corrected chi connectivity index (χ4v) is 1.44. The predicted molar refractivity (Wildman–Crippen MR) is 59.3 cm³/mol. The number of nitrogens with zero attached hydrogens (tertiary/aromatic N) is 1. The summed E-state index contributed by atoms with van der Waals surface area (Å²) in [6, 6.07) is 7.69. The first kappa shape index (κ1) is 10.8. The van der Waals surface area contributed by atoms with Crippen LogP contribution in [0.3, 0.4) is 0 Å². The van der Waals surface area contributed by atoms with Crippen LogP contribution in [0.25, 0.3) is 0 Å². The highest BCUT2D eigenvalue weighted by molar-refractivity contribution is 5.55. The minimum absolute atomic E-state index is 0.265. The van der Waals surface area contributed by atoms with Gasteiger partial charge in [0.1, 0.15) is 0 Å². The third kappa shape index (κ3) is 2.91. The second-order valence-corrected chi connectivity index (χ2v) is 3.22. The van der Waals surface area contributed by atoms with Crippen LogP contribution in [0, 0.1) is 0 Å². The number of halogens is 1. The second kappa shape index (κ2) is 5.47. The summed E-state index contributed by atoms with van der Waals surface area (Å²) in [7, 11) is 0. The lowest BCUT2D eigenvalue weighted by molar-refractivity contribution is 0.472. The molecule has 2 nitrogen and oxygen atoms in total. The molecular weight excluding hydrogens is 179 g/mol. The molecule has 1 aromatic rings. The van der Waals surface area contributed by atoms with Crippen molar-refractivity contribution in [1.82, 2.24) is 0 Å². The minimum atomic E-state index is -0.265. The van der Waals surface area contributed by atoms with E-state index in [2.05, 4.69) is 11.8 Å². The molecule has 1 aromatic carbocycles. The maximum atomic E-state index is 12.0. The normalized spacial score (nSPS) is 10.1. The molecule has 1 rings (SSSR count). The number of hydrogen-bond acceptors (Lipinski definition) is 2. The van der Waals surface area contributed by atoms with Crippen molar-refractivity contribution in [1.29, 1.82) is 0 Å². The molecule has 3 heteroatoms. The van der Waals surface area contributed by atoms with Crippen LogP contribution in [0.1, 0.15) is 13.3 Å². The number of nitrogen functional groups attached to an aromatic ring is 1. The molecule has 0 amide bonds. The van der Waals surface area contributed by atoms with E-state index in [0.717, 1.165) is 24.5 Å². The monoisotopic (exact) mass is 196 g/mol. The molecule has 2 N–H and O–H groups in total. The Bertz CT molecular complexity index is 276. The van der Waals surface area contributed by atoms with Crippen LogP contribution in [0.4, 0.5) is 15.8 Å². The van der Waals surface area contributed by atoms with Gasteiger partial charge in [-0.15, -0.1) is 0 Å². The first-order valence-corrected chi connectivity index (χ1v) is 4.94. The molecule has 0 aliphatic heterocycles. The summed E-state index contributed by atoms with van der Waals surface area (Å²) in [5.74, 6) is 0. The number of rotatable bonds is 5. The molecule has 0 unspecified atom stereocenters. The molecule has 0 heterocycles. The van der Waals surface area contributed by atoms with Crippen molar-refractivity contribution in [3.63, 3.8) is 0 Å². The van der Waals surface area contributed by atoms with E-state index in [1.165, 1.54) is 0 Å². The molecule has 0 aromatic heterocycles. The standard InChI is InChI=1S/C11H17FN2/c1-2-14(8-4-7-12)11-6-3-5-10(13)9-11/h3,5-6,9H,2,4,7-8,13H2,1H3. The Morgan fingerprint density at radius 3 is 2.79 bits per heavy atom. The van der Waals surface area contributed by atoms with E-state index in [0.29, 0.717) is 6.42 Å². The van der Waals surface area contributed by atoms with E-state index in [-0.39, 0.29) is 6.67 Å². The highest BCUT2D eigenvalue weighted by Gasteiger charge is 2.03. The lowest BCUT2D eigenvalue weighted by atomic mass is 10.2. The van der Waals surface area contributed by atoms with Gasteiger partial charge in [-0.2, -0.15) is 0 Å². The van der Waals surface area contributed by atoms with Crippen LogP contribution in [-0.4, -0.2) is 19.8 Å². The third-order valence-corrected chi connectivity index (χ3v) is 2.18. The number of benzene rings is 1. The van der Waals surface area contributed by atoms with E-state index in [1.807, 2.05) is 24.3 Å². The zero-order chi connectivity index (χ0) is 10.4. The van der Waals surface area contributed by atoms with Crippen LogP contribution in [-0.2, 0) is 0 Å². The molecule has 0 saturated carbocycles. The molecule has 14 heavy (non-hydrogen) atoms. The van der Waals surface area contributed by atoms with Gasteiger partial charge in [-0.05, 0) is 31.5 Å². The van der Waals surface area contributed by atoms with Crippen LogP contribution in [0.5, 0.6) is 0 Å². The first-order valence-electron chi connectivity index (χ1n) is 4.94. The summed E-state index contributed by atoms with van der Waals surface area (Å²) in [6.07, 6.45) is 0.572. The van der Waals surface area contributed by atoms with Crippen molar-refractivity contribution in [3.8, 4) is 0 Å². The zero-order valence-electron chi connectivity index (χ0n) is 8.54. The minimum Gasteiger partial charge on any atom is -0.399 e. The Balaban J connectivity index is 2.68. The quantitative estimate of drug-likeness (QED) is 0.733. The first-order chi connectivity index (χ1) is 6.77. The van der Waals surface area contributed by atoms with E-state index in [1.54, 1.807) is 0 Å². The predicted octanol–water partition coefficient (Wildman–Crippen LogP) is 2.45. The topological polar surface area (TPSA) is 29.3 Å². The van der Waals surface area contributed by atoms with Gasteiger partial charge < -0.3 is 10.6 Å². The molecule has 0 atom stereocenters. The Hall–Kier alpha value is -1.25. The van der Waals surface area contributed by atoms with Crippen molar-refractivity contribution in [2.75, 3.05) is 30.4 Å². The average Bonchev–Trinajstić information content (AvgIpc) is 2.19. The molecular formula is C11H17FN2. The average molecular weight is 196 g/mol. The summed E-state index contributed by atoms with van der Waals surface area (Å²) in [4.78, 5) is 2.12. The summed E-state index contributed by atoms with van der Waals surface area (Å²) in [5.41, 5.74) is 7.50.